The highest BCUT2D eigenvalue weighted by atomic mass is 79.9. The number of hydrogen-bond acceptors (Lipinski definition) is 2. The Kier molecular flexibility index (Phi) is 2.98. The van der Waals surface area contributed by atoms with Crippen LogP contribution in [0.15, 0.2) is 15.4 Å². The average molecular weight is 364 g/mol. The lowest BCUT2D eigenvalue weighted by molar-refractivity contribution is -0.0182. The molecule has 1 nitrogen and oxygen atoms in total. The number of rotatable bonds is 3. The van der Waals surface area contributed by atoms with E-state index in [0.29, 0.717) is 5.54 Å². The summed E-state index contributed by atoms with van der Waals surface area (Å²) in [4.78, 5) is 1.55. The van der Waals surface area contributed by atoms with Crippen molar-refractivity contribution in [1.29, 1.82) is 0 Å². The summed E-state index contributed by atoms with van der Waals surface area (Å²) in [6, 6.07) is 2.28. The van der Waals surface area contributed by atoms with E-state index in [9.17, 15) is 0 Å². The summed E-state index contributed by atoms with van der Waals surface area (Å²) in [7, 11) is 0. The van der Waals surface area contributed by atoms with Gasteiger partial charge >= 0.3 is 0 Å². The van der Waals surface area contributed by atoms with Gasteiger partial charge in [-0.3, -0.25) is 0 Å². The Bertz CT molecular complexity index is 579. The molecule has 1 aromatic rings. The summed E-state index contributed by atoms with van der Waals surface area (Å²) in [5.74, 6) is 3.12. The molecule has 0 atom stereocenters. The Labute approximate surface area is 139 Å². The van der Waals surface area contributed by atoms with Crippen molar-refractivity contribution in [3.8, 4) is 0 Å². The van der Waals surface area contributed by atoms with Crippen molar-refractivity contribution in [1.82, 2.24) is 5.32 Å². The predicted octanol–water partition coefficient (Wildman–Crippen LogP) is 5.01. The van der Waals surface area contributed by atoms with Crippen molar-refractivity contribution in [3.63, 3.8) is 0 Å². The van der Waals surface area contributed by atoms with Gasteiger partial charge in [-0.2, -0.15) is 0 Å². The first-order valence-electron chi connectivity index (χ1n) is 8.40. The van der Waals surface area contributed by atoms with E-state index in [2.05, 4.69) is 33.4 Å². The Balaban J connectivity index is 1.29. The summed E-state index contributed by atoms with van der Waals surface area (Å²) in [6.07, 6.45) is 12.6. The van der Waals surface area contributed by atoms with Gasteiger partial charge in [0.25, 0.3) is 0 Å². The first-order valence-corrected chi connectivity index (χ1v) is 10.0. The lowest BCUT2D eigenvalue weighted by atomic mass is 9.53. The van der Waals surface area contributed by atoms with Crippen LogP contribution in [0.1, 0.15) is 49.0 Å². The molecule has 5 aliphatic rings. The molecule has 1 aromatic heterocycles. The van der Waals surface area contributed by atoms with Gasteiger partial charge in [0.15, 0.2) is 0 Å². The van der Waals surface area contributed by atoms with E-state index in [4.69, 9.17) is 0 Å². The van der Waals surface area contributed by atoms with Gasteiger partial charge in [-0.05, 0) is 83.8 Å². The van der Waals surface area contributed by atoms with Crippen LogP contribution < -0.4 is 5.32 Å². The van der Waals surface area contributed by atoms with E-state index in [1.165, 1.54) is 54.3 Å². The highest BCUT2D eigenvalue weighted by Gasteiger charge is 2.50. The molecule has 3 heteroatoms. The highest BCUT2D eigenvalue weighted by molar-refractivity contribution is 9.11. The Hall–Kier alpha value is -0.120. The minimum atomic E-state index is 0.506. The third kappa shape index (κ3) is 2.27. The number of nitrogens with one attached hydrogen (secondary N) is 1. The topological polar surface area (TPSA) is 12.0 Å². The molecule has 4 bridgehead atoms. The van der Waals surface area contributed by atoms with Crippen molar-refractivity contribution in [2.75, 3.05) is 6.54 Å². The summed E-state index contributed by atoms with van der Waals surface area (Å²) in [5.41, 5.74) is 3.56. The van der Waals surface area contributed by atoms with Crippen molar-refractivity contribution in [3.05, 3.63) is 25.9 Å². The van der Waals surface area contributed by atoms with Gasteiger partial charge in [-0.25, -0.2) is 0 Å². The SMILES string of the molecule is Brc1cc2c(s1)CC(CNC13CC4CC(CC(C4)C1)C3)=C2. The summed E-state index contributed by atoms with van der Waals surface area (Å²) < 4.78 is 1.27. The fourth-order valence-corrected chi connectivity index (χ4v) is 7.64. The van der Waals surface area contributed by atoms with E-state index >= 15 is 0 Å². The number of thiophene rings is 1. The van der Waals surface area contributed by atoms with E-state index in [-0.39, 0.29) is 0 Å². The smallest absolute Gasteiger partial charge is 0.0707 e. The zero-order valence-corrected chi connectivity index (χ0v) is 14.7. The molecule has 0 saturated heterocycles. The van der Waals surface area contributed by atoms with Crippen LogP contribution >= 0.6 is 27.3 Å². The maximum absolute atomic E-state index is 4.03. The molecule has 6 rings (SSSR count). The van der Waals surface area contributed by atoms with Gasteiger partial charge in [0.2, 0.25) is 0 Å². The first-order chi connectivity index (χ1) is 10.2. The minimum Gasteiger partial charge on any atom is -0.307 e. The Morgan fingerprint density at radius 3 is 2.43 bits per heavy atom. The molecule has 0 radical (unpaired) electrons. The number of halogens is 1. The molecular weight excluding hydrogens is 342 g/mol. The highest BCUT2D eigenvalue weighted by Crippen LogP contribution is 2.55. The van der Waals surface area contributed by atoms with Gasteiger partial charge in [-0.15, -0.1) is 11.3 Å². The molecule has 1 heterocycles. The van der Waals surface area contributed by atoms with Gasteiger partial charge in [0.05, 0.1) is 3.79 Å². The van der Waals surface area contributed by atoms with Crippen LogP contribution in [-0.4, -0.2) is 12.1 Å². The van der Waals surface area contributed by atoms with Gasteiger partial charge in [0, 0.05) is 23.4 Å². The van der Waals surface area contributed by atoms with E-state index in [1.54, 1.807) is 10.5 Å². The second-order valence-electron chi connectivity index (χ2n) is 7.96. The minimum absolute atomic E-state index is 0.506. The number of hydrogen-bond donors (Lipinski definition) is 1. The Morgan fingerprint density at radius 1 is 1.14 bits per heavy atom. The second-order valence-corrected chi connectivity index (χ2v) is 10.5. The van der Waals surface area contributed by atoms with E-state index in [0.717, 1.165) is 24.3 Å². The molecule has 4 fully saturated rings. The van der Waals surface area contributed by atoms with Crippen LogP contribution in [-0.2, 0) is 6.42 Å². The standard InChI is InChI=1S/C18H22BrNS/c19-17-6-15-4-14(5-16(15)21-17)10-20-18-7-11-1-12(8-18)3-13(2-11)9-18/h4,6,11-13,20H,1-3,5,7-10H2. The second kappa shape index (κ2) is 4.69. The summed E-state index contributed by atoms with van der Waals surface area (Å²) >= 11 is 5.50. The van der Waals surface area contributed by atoms with Crippen LogP contribution in [0.3, 0.4) is 0 Å². The molecule has 0 unspecified atom stereocenters. The predicted molar refractivity (Wildman–Crippen MR) is 92.6 cm³/mol. The molecule has 21 heavy (non-hydrogen) atoms. The molecule has 1 N–H and O–H groups in total. The van der Waals surface area contributed by atoms with Crippen molar-refractivity contribution in [2.24, 2.45) is 17.8 Å². The lowest BCUT2D eigenvalue weighted by Crippen LogP contribution is -2.58. The fraction of sp³-hybridized carbons (Fsp3) is 0.667. The van der Waals surface area contributed by atoms with Crippen LogP contribution in [0.25, 0.3) is 6.08 Å². The molecule has 5 aliphatic carbocycles. The zero-order chi connectivity index (χ0) is 14.0. The molecule has 0 amide bonds. The third-order valence-corrected chi connectivity index (χ3v) is 7.94. The lowest BCUT2D eigenvalue weighted by Gasteiger charge is -2.57. The maximum Gasteiger partial charge on any atom is 0.0707 e. The monoisotopic (exact) mass is 363 g/mol. The molecule has 0 aliphatic heterocycles. The summed E-state index contributed by atoms with van der Waals surface area (Å²) in [5, 5.41) is 4.03. The molecule has 0 aromatic carbocycles. The Morgan fingerprint density at radius 2 is 1.81 bits per heavy atom. The van der Waals surface area contributed by atoms with Crippen LogP contribution in [0.4, 0.5) is 0 Å². The molecule has 4 saturated carbocycles. The zero-order valence-electron chi connectivity index (χ0n) is 12.3. The van der Waals surface area contributed by atoms with Crippen molar-refractivity contribution >= 4 is 33.3 Å². The van der Waals surface area contributed by atoms with E-state index < -0.39 is 0 Å². The molecule has 112 valence electrons. The quantitative estimate of drug-likeness (QED) is 0.795. The van der Waals surface area contributed by atoms with Crippen LogP contribution in [0, 0.1) is 17.8 Å². The average Bonchev–Trinajstić information content (AvgIpc) is 2.91. The van der Waals surface area contributed by atoms with E-state index in [1.807, 2.05) is 11.3 Å². The van der Waals surface area contributed by atoms with Gasteiger partial charge in [0.1, 0.15) is 0 Å². The van der Waals surface area contributed by atoms with Crippen LogP contribution in [0.2, 0.25) is 0 Å². The maximum atomic E-state index is 4.03. The van der Waals surface area contributed by atoms with Crippen LogP contribution in [0.5, 0.6) is 0 Å². The number of fused-ring (bicyclic) bond motifs is 1. The van der Waals surface area contributed by atoms with Gasteiger partial charge < -0.3 is 5.32 Å². The normalized spacial score (nSPS) is 39.7. The van der Waals surface area contributed by atoms with Crippen molar-refractivity contribution in [2.45, 2.75) is 50.5 Å². The molecule has 0 spiro atoms. The molecular formula is C18H22BrNS. The summed E-state index contributed by atoms with van der Waals surface area (Å²) in [6.45, 7) is 1.12. The van der Waals surface area contributed by atoms with Crippen molar-refractivity contribution < 1.29 is 0 Å². The largest absolute Gasteiger partial charge is 0.307 e. The van der Waals surface area contributed by atoms with Gasteiger partial charge in [-0.1, -0.05) is 11.6 Å². The first kappa shape index (κ1) is 13.3. The fourth-order valence-electron chi connectivity index (χ4n) is 5.89. The third-order valence-electron chi connectivity index (χ3n) is 6.29.